The number of ether oxygens (including phenoxy) is 2. The van der Waals surface area contributed by atoms with Gasteiger partial charge in [-0.2, -0.15) is 0 Å². The number of rotatable bonds is 10. The van der Waals surface area contributed by atoms with Crippen molar-refractivity contribution in [2.45, 2.75) is 30.9 Å². The minimum atomic E-state index is -0.252. The Labute approximate surface area is 208 Å². The number of halogens is 2. The summed E-state index contributed by atoms with van der Waals surface area (Å²) in [5.41, 5.74) is 1.97. The third-order valence-electron chi connectivity index (χ3n) is 5.06. The van der Waals surface area contributed by atoms with Crippen LogP contribution in [0.3, 0.4) is 0 Å². The molecule has 6 nitrogen and oxygen atoms in total. The van der Waals surface area contributed by atoms with Crippen LogP contribution in [0.2, 0.25) is 10.0 Å². The van der Waals surface area contributed by atoms with Crippen LogP contribution in [0, 0.1) is 0 Å². The maximum absolute atomic E-state index is 12.3. The van der Waals surface area contributed by atoms with Gasteiger partial charge in [-0.15, -0.1) is 11.8 Å². The summed E-state index contributed by atoms with van der Waals surface area (Å²) in [5, 5.41) is 4.06. The van der Waals surface area contributed by atoms with E-state index in [9.17, 15) is 9.59 Å². The van der Waals surface area contributed by atoms with Crippen molar-refractivity contribution in [3.05, 3.63) is 63.6 Å². The smallest absolute Gasteiger partial charge is 0.310 e. The van der Waals surface area contributed by atoms with Gasteiger partial charge in [0.1, 0.15) is 0 Å². The summed E-state index contributed by atoms with van der Waals surface area (Å²) < 4.78 is 10.8. The van der Waals surface area contributed by atoms with Crippen molar-refractivity contribution in [2.75, 3.05) is 38.6 Å². The van der Waals surface area contributed by atoms with Crippen LogP contribution in [0.4, 0.5) is 0 Å². The number of thioether (sulfide) groups is 1. The Bertz CT molecular complexity index is 960. The van der Waals surface area contributed by atoms with E-state index >= 15 is 0 Å². The maximum Gasteiger partial charge on any atom is 0.310 e. The highest BCUT2D eigenvalue weighted by atomic mass is 35.5. The summed E-state index contributed by atoms with van der Waals surface area (Å²) in [6, 6.07) is 13.3. The summed E-state index contributed by atoms with van der Waals surface area (Å²) >= 11 is 13.5. The number of benzene rings is 2. The Balaban J connectivity index is 1.40. The summed E-state index contributed by atoms with van der Waals surface area (Å²) in [7, 11) is 0. The van der Waals surface area contributed by atoms with Gasteiger partial charge in [-0.05, 0) is 42.3 Å². The highest BCUT2D eigenvalue weighted by Crippen LogP contribution is 2.24. The van der Waals surface area contributed by atoms with E-state index in [2.05, 4.69) is 10.2 Å². The highest BCUT2D eigenvalue weighted by molar-refractivity contribution is 8.00. The fourth-order valence-electron chi connectivity index (χ4n) is 3.50. The Hall–Kier alpha value is -1.77. The summed E-state index contributed by atoms with van der Waals surface area (Å²) in [6.45, 7) is 5.53. The topological polar surface area (TPSA) is 67.9 Å². The van der Waals surface area contributed by atoms with Gasteiger partial charge in [0.15, 0.2) is 0 Å². The lowest BCUT2D eigenvalue weighted by molar-refractivity contribution is -0.142. The molecule has 2 aromatic rings. The van der Waals surface area contributed by atoms with Crippen molar-refractivity contribution in [3.63, 3.8) is 0 Å². The Morgan fingerprint density at radius 1 is 1.18 bits per heavy atom. The second-order valence-corrected chi connectivity index (χ2v) is 9.56. The number of hydrogen-bond acceptors (Lipinski definition) is 6. The van der Waals surface area contributed by atoms with Gasteiger partial charge in [-0.25, -0.2) is 0 Å². The van der Waals surface area contributed by atoms with E-state index in [1.807, 2.05) is 42.5 Å². The Kier molecular flexibility index (Phi) is 10.3. The predicted molar refractivity (Wildman–Crippen MR) is 132 cm³/mol. The van der Waals surface area contributed by atoms with Crippen molar-refractivity contribution in [2.24, 2.45) is 0 Å². The first kappa shape index (κ1) is 25.8. The quantitative estimate of drug-likeness (QED) is 0.381. The minimum Gasteiger partial charge on any atom is -0.466 e. The molecule has 1 aliphatic heterocycles. The molecule has 2 aromatic carbocycles. The van der Waals surface area contributed by atoms with Crippen molar-refractivity contribution >= 4 is 46.8 Å². The first-order valence-corrected chi connectivity index (χ1v) is 12.6. The van der Waals surface area contributed by atoms with Gasteiger partial charge < -0.3 is 14.8 Å². The molecule has 0 aromatic heterocycles. The van der Waals surface area contributed by atoms with Gasteiger partial charge in [0.25, 0.3) is 0 Å². The van der Waals surface area contributed by atoms with Crippen LogP contribution < -0.4 is 5.32 Å². The van der Waals surface area contributed by atoms with Gasteiger partial charge in [-0.3, -0.25) is 14.5 Å². The molecule has 1 N–H and O–H groups in total. The SMILES string of the molecule is CCOC(=O)Cc1cccc(SCC(=O)NCC2CN(Cc3ccc(Cl)c(Cl)c3)CCO2)c1. The molecule has 0 bridgehead atoms. The number of morpholine rings is 1. The standard InChI is InChI=1S/C24H28Cl2N2O4S/c1-2-31-24(30)12-17-4-3-5-20(10-17)33-16-23(29)27-13-19-15-28(8-9-32-19)14-18-6-7-21(25)22(26)11-18/h3-7,10-11,19H,2,8-9,12-16H2,1H3,(H,27,29). The molecule has 9 heteroatoms. The zero-order chi connectivity index (χ0) is 23.6. The van der Waals surface area contributed by atoms with Crippen molar-refractivity contribution in [1.29, 1.82) is 0 Å². The van der Waals surface area contributed by atoms with E-state index in [4.69, 9.17) is 32.7 Å². The van der Waals surface area contributed by atoms with Crippen molar-refractivity contribution in [1.82, 2.24) is 10.2 Å². The summed E-state index contributed by atoms with van der Waals surface area (Å²) in [5.74, 6) is -0.0122. The number of esters is 1. The molecule has 1 aliphatic rings. The second kappa shape index (κ2) is 13.2. The first-order valence-electron chi connectivity index (χ1n) is 10.8. The molecule has 33 heavy (non-hydrogen) atoms. The molecule has 0 spiro atoms. The lowest BCUT2D eigenvalue weighted by atomic mass is 10.1. The zero-order valence-electron chi connectivity index (χ0n) is 18.5. The molecular formula is C24H28Cl2N2O4S. The lowest BCUT2D eigenvalue weighted by Crippen LogP contribution is -2.47. The van der Waals surface area contributed by atoms with Gasteiger partial charge >= 0.3 is 5.97 Å². The van der Waals surface area contributed by atoms with E-state index in [1.54, 1.807) is 6.92 Å². The fraction of sp³-hybridized carbons (Fsp3) is 0.417. The number of carbonyl (C=O) groups is 2. The molecule has 1 heterocycles. The Morgan fingerprint density at radius 2 is 2.03 bits per heavy atom. The lowest BCUT2D eigenvalue weighted by Gasteiger charge is -2.33. The van der Waals surface area contributed by atoms with E-state index in [1.165, 1.54) is 11.8 Å². The normalized spacial score (nSPS) is 16.4. The molecule has 0 saturated carbocycles. The molecule has 0 aliphatic carbocycles. The van der Waals surface area contributed by atoms with Gasteiger partial charge in [-0.1, -0.05) is 41.4 Å². The van der Waals surface area contributed by atoms with E-state index in [0.717, 1.165) is 35.7 Å². The first-order chi connectivity index (χ1) is 15.9. The molecule has 1 atom stereocenters. The average molecular weight is 511 g/mol. The molecule has 1 fully saturated rings. The number of amides is 1. The molecular weight excluding hydrogens is 483 g/mol. The highest BCUT2D eigenvalue weighted by Gasteiger charge is 2.21. The van der Waals surface area contributed by atoms with E-state index in [-0.39, 0.29) is 24.4 Å². The van der Waals surface area contributed by atoms with Crippen LogP contribution in [0.1, 0.15) is 18.1 Å². The van der Waals surface area contributed by atoms with E-state index < -0.39 is 0 Å². The molecule has 0 radical (unpaired) electrons. The summed E-state index contributed by atoms with van der Waals surface area (Å²) in [4.78, 5) is 27.2. The second-order valence-electron chi connectivity index (χ2n) is 7.70. The van der Waals surface area contributed by atoms with Crippen molar-refractivity contribution < 1.29 is 19.1 Å². The number of carbonyl (C=O) groups excluding carboxylic acids is 2. The van der Waals surface area contributed by atoms with Crippen LogP contribution in [0.25, 0.3) is 0 Å². The maximum atomic E-state index is 12.3. The third-order valence-corrected chi connectivity index (χ3v) is 6.79. The van der Waals surface area contributed by atoms with Crippen LogP contribution in [0.5, 0.6) is 0 Å². The van der Waals surface area contributed by atoms with E-state index in [0.29, 0.717) is 35.6 Å². The fourth-order valence-corrected chi connectivity index (χ4v) is 4.63. The number of nitrogens with one attached hydrogen (secondary N) is 1. The average Bonchev–Trinajstić information content (AvgIpc) is 2.79. The number of nitrogens with zero attached hydrogens (tertiary/aromatic N) is 1. The van der Waals surface area contributed by atoms with Gasteiger partial charge in [0, 0.05) is 31.1 Å². The predicted octanol–water partition coefficient (Wildman–Crippen LogP) is 4.21. The van der Waals surface area contributed by atoms with Crippen LogP contribution in [-0.4, -0.2) is 61.5 Å². The minimum absolute atomic E-state index is 0.0546. The Morgan fingerprint density at radius 3 is 2.82 bits per heavy atom. The molecule has 3 rings (SSSR count). The molecule has 1 amide bonds. The molecule has 178 valence electrons. The van der Waals surface area contributed by atoms with Crippen LogP contribution in [-0.2, 0) is 32.0 Å². The monoisotopic (exact) mass is 510 g/mol. The summed E-state index contributed by atoms with van der Waals surface area (Å²) in [6.07, 6.45) is 0.162. The number of hydrogen-bond donors (Lipinski definition) is 1. The van der Waals surface area contributed by atoms with Crippen LogP contribution >= 0.6 is 35.0 Å². The van der Waals surface area contributed by atoms with Gasteiger partial charge in [0.05, 0.1) is 41.5 Å². The van der Waals surface area contributed by atoms with Crippen molar-refractivity contribution in [3.8, 4) is 0 Å². The van der Waals surface area contributed by atoms with Crippen LogP contribution in [0.15, 0.2) is 47.4 Å². The molecule has 1 saturated heterocycles. The largest absolute Gasteiger partial charge is 0.466 e. The third kappa shape index (κ3) is 8.83. The van der Waals surface area contributed by atoms with Gasteiger partial charge in [0.2, 0.25) is 5.91 Å². The molecule has 1 unspecified atom stereocenters. The zero-order valence-corrected chi connectivity index (χ0v) is 20.8.